The van der Waals surface area contributed by atoms with Gasteiger partial charge in [0.2, 0.25) is 0 Å². The van der Waals surface area contributed by atoms with E-state index in [1.807, 2.05) is 39.4 Å². The number of esters is 2. The minimum Gasteiger partial charge on any atom is -0.462 e. The van der Waals surface area contributed by atoms with Crippen LogP contribution in [-0.4, -0.2) is 86.1 Å². The first-order valence-electron chi connectivity index (χ1n) is 23.4. The molecule has 0 rings (SSSR count). The maximum atomic E-state index is 12.7. The van der Waals surface area contributed by atoms with Crippen LogP contribution in [0.1, 0.15) is 162 Å². The maximum Gasteiger partial charge on any atom is 0.472 e. The van der Waals surface area contributed by atoms with Gasteiger partial charge in [0.15, 0.2) is 6.10 Å². The smallest absolute Gasteiger partial charge is 0.462 e. The quantitative estimate of drug-likeness (QED) is 0.0154. The van der Waals surface area contributed by atoms with E-state index in [4.69, 9.17) is 18.5 Å². The minimum absolute atomic E-state index is 0.00528. The van der Waals surface area contributed by atoms with Gasteiger partial charge in [0, 0.05) is 12.8 Å². The Morgan fingerprint density at radius 1 is 0.607 bits per heavy atom. The molecule has 350 valence electrons. The number of hydrogen-bond donors (Lipinski definition) is 2. The molecule has 10 nitrogen and oxygen atoms in total. The Hall–Kier alpha value is -2.85. The van der Waals surface area contributed by atoms with Crippen LogP contribution < -0.4 is 0 Å². The summed E-state index contributed by atoms with van der Waals surface area (Å²) >= 11 is 0. The van der Waals surface area contributed by atoms with Gasteiger partial charge >= 0.3 is 19.8 Å². The van der Waals surface area contributed by atoms with E-state index in [2.05, 4.69) is 62.5 Å². The van der Waals surface area contributed by atoms with Crippen LogP contribution in [0, 0.1) is 0 Å². The lowest BCUT2D eigenvalue weighted by atomic mass is 10.1. The number of allylic oxidation sites excluding steroid dienone is 12. The molecule has 0 spiro atoms. The molecule has 0 heterocycles. The van der Waals surface area contributed by atoms with Gasteiger partial charge in [-0.2, -0.15) is 0 Å². The van der Waals surface area contributed by atoms with Crippen LogP contribution in [0.25, 0.3) is 0 Å². The van der Waals surface area contributed by atoms with Crippen LogP contribution in [0.3, 0.4) is 0 Å². The Kier molecular flexibility index (Phi) is 39.3. The number of carbonyl (C=O) groups excluding carboxylic acids is 2. The molecule has 0 aliphatic rings. The molecule has 11 heteroatoms. The van der Waals surface area contributed by atoms with E-state index in [1.54, 1.807) is 18.2 Å². The van der Waals surface area contributed by atoms with Crippen molar-refractivity contribution in [3.05, 3.63) is 85.1 Å². The number of quaternary nitrogens is 1. The first-order valence-corrected chi connectivity index (χ1v) is 24.9. The van der Waals surface area contributed by atoms with Gasteiger partial charge in [-0.1, -0.05) is 163 Å². The van der Waals surface area contributed by atoms with Gasteiger partial charge in [-0.3, -0.25) is 18.6 Å². The number of phosphoric ester groups is 1. The zero-order chi connectivity index (χ0) is 45.1. The first-order chi connectivity index (χ1) is 29.4. The summed E-state index contributed by atoms with van der Waals surface area (Å²) in [5.74, 6) is -0.991. The number of aliphatic hydroxyl groups excluding tert-OH is 1. The zero-order valence-corrected chi connectivity index (χ0v) is 39.9. The van der Waals surface area contributed by atoms with E-state index >= 15 is 0 Å². The molecule has 0 amide bonds. The molecule has 0 saturated heterocycles. The molecule has 0 fully saturated rings. The average molecular weight is 877 g/mol. The molecule has 61 heavy (non-hydrogen) atoms. The van der Waals surface area contributed by atoms with Crippen molar-refractivity contribution in [3.63, 3.8) is 0 Å². The van der Waals surface area contributed by atoms with Crippen molar-refractivity contribution >= 4 is 19.8 Å². The normalized spacial score (nSPS) is 14.8. The van der Waals surface area contributed by atoms with E-state index in [9.17, 15) is 24.2 Å². The zero-order valence-electron chi connectivity index (χ0n) is 39.0. The Morgan fingerprint density at radius 3 is 1.77 bits per heavy atom. The van der Waals surface area contributed by atoms with Crippen molar-refractivity contribution in [1.29, 1.82) is 0 Å². The molecule has 0 radical (unpaired) electrons. The lowest BCUT2D eigenvalue weighted by Crippen LogP contribution is -2.37. The summed E-state index contributed by atoms with van der Waals surface area (Å²) in [6, 6.07) is 0. The molecule has 0 aromatic carbocycles. The number of hydrogen-bond acceptors (Lipinski definition) is 8. The van der Waals surface area contributed by atoms with E-state index in [0.717, 1.165) is 51.4 Å². The second-order valence-corrected chi connectivity index (χ2v) is 18.1. The Labute approximate surface area is 372 Å². The summed E-state index contributed by atoms with van der Waals surface area (Å²) in [4.78, 5) is 35.4. The molecule has 0 bridgehead atoms. The fourth-order valence-corrected chi connectivity index (χ4v) is 6.57. The Balaban J connectivity index is 4.56. The molecule has 0 saturated carbocycles. The first kappa shape index (κ1) is 58.1. The predicted octanol–water partition coefficient (Wildman–Crippen LogP) is 12.5. The standard InChI is InChI=1S/C50H86NO9P/c1-6-8-10-12-14-16-18-20-21-22-23-25-27-29-31-33-37-41-49(53)57-45-48(46-59-61(55,56)58-44-43-51(3,4)5)60-50(54)42-38-34-36-40-47(52)39-35-32-30-28-26-24-19-17-15-13-11-9-7-2/h9,11,15,17,20-21,24,26,30,32,34-36,39,47-48,52H,6-8,10,12-14,16,18-19,22-23,25,27-29,31,33,37-38,40-46H2,1-5H3/p+1/b11-9-,17-15-,21-20-,26-24-,32-30-,36-34-,39-35-/t47?,48-/m1/s1. The maximum absolute atomic E-state index is 12.7. The van der Waals surface area contributed by atoms with Crippen molar-refractivity contribution in [3.8, 4) is 0 Å². The van der Waals surface area contributed by atoms with Crippen molar-refractivity contribution in [2.75, 3.05) is 47.5 Å². The monoisotopic (exact) mass is 877 g/mol. The van der Waals surface area contributed by atoms with Gasteiger partial charge in [0.05, 0.1) is 33.9 Å². The molecule has 2 N–H and O–H groups in total. The van der Waals surface area contributed by atoms with Crippen molar-refractivity contribution in [1.82, 2.24) is 0 Å². The number of carbonyl (C=O) groups is 2. The molecular formula is C50H87NO9P+. The highest BCUT2D eigenvalue weighted by atomic mass is 31.2. The van der Waals surface area contributed by atoms with Crippen molar-refractivity contribution in [2.45, 2.75) is 174 Å². The van der Waals surface area contributed by atoms with Gasteiger partial charge in [-0.15, -0.1) is 0 Å². The second-order valence-electron chi connectivity index (χ2n) is 16.6. The third kappa shape index (κ3) is 45.0. The van der Waals surface area contributed by atoms with Crippen LogP contribution in [0.15, 0.2) is 85.1 Å². The summed E-state index contributed by atoms with van der Waals surface area (Å²) in [5, 5.41) is 10.2. The minimum atomic E-state index is -4.43. The number of nitrogens with zero attached hydrogens (tertiary/aromatic N) is 1. The summed E-state index contributed by atoms with van der Waals surface area (Å²) in [7, 11) is 1.35. The van der Waals surface area contributed by atoms with Gasteiger partial charge in [-0.05, 0) is 70.6 Å². The molecule has 0 aromatic heterocycles. The molecule has 2 unspecified atom stereocenters. The highest BCUT2D eigenvalue weighted by Gasteiger charge is 2.27. The van der Waals surface area contributed by atoms with Gasteiger partial charge in [0.1, 0.15) is 19.8 Å². The number of aliphatic hydroxyl groups is 1. The largest absolute Gasteiger partial charge is 0.472 e. The summed E-state index contributed by atoms with van der Waals surface area (Å²) < 4.78 is 34.2. The topological polar surface area (TPSA) is 129 Å². The number of ether oxygens (including phenoxy) is 2. The van der Waals surface area contributed by atoms with Gasteiger partial charge < -0.3 is 24.0 Å². The Morgan fingerprint density at radius 2 is 1.16 bits per heavy atom. The van der Waals surface area contributed by atoms with Crippen LogP contribution in [0.4, 0.5) is 0 Å². The average Bonchev–Trinajstić information content (AvgIpc) is 3.21. The van der Waals surface area contributed by atoms with Crippen LogP contribution in [0.2, 0.25) is 0 Å². The molecule has 3 atom stereocenters. The lowest BCUT2D eigenvalue weighted by Gasteiger charge is -2.24. The molecule has 0 aromatic rings. The Bertz CT molecular complexity index is 1330. The van der Waals surface area contributed by atoms with Crippen molar-refractivity contribution < 1.29 is 47.2 Å². The highest BCUT2D eigenvalue weighted by molar-refractivity contribution is 7.47. The lowest BCUT2D eigenvalue weighted by molar-refractivity contribution is -0.870. The predicted molar refractivity (Wildman–Crippen MR) is 253 cm³/mol. The number of phosphoric acid groups is 1. The summed E-state index contributed by atoms with van der Waals surface area (Å²) in [6.45, 7) is 4.08. The van der Waals surface area contributed by atoms with Gasteiger partial charge in [-0.25, -0.2) is 4.57 Å². The van der Waals surface area contributed by atoms with E-state index in [1.165, 1.54) is 64.2 Å². The molecular weight excluding hydrogens is 790 g/mol. The third-order valence-electron chi connectivity index (χ3n) is 9.50. The van der Waals surface area contributed by atoms with Crippen molar-refractivity contribution in [2.24, 2.45) is 0 Å². The molecule has 0 aliphatic carbocycles. The van der Waals surface area contributed by atoms with E-state index in [0.29, 0.717) is 30.3 Å². The van der Waals surface area contributed by atoms with Crippen LogP contribution in [-0.2, 0) is 32.7 Å². The fraction of sp³-hybridized carbons (Fsp3) is 0.680. The third-order valence-corrected chi connectivity index (χ3v) is 10.5. The van der Waals surface area contributed by atoms with E-state index in [-0.39, 0.29) is 26.1 Å². The van der Waals surface area contributed by atoms with Crippen LogP contribution in [0.5, 0.6) is 0 Å². The van der Waals surface area contributed by atoms with E-state index < -0.39 is 38.6 Å². The molecule has 0 aliphatic heterocycles. The van der Waals surface area contributed by atoms with Gasteiger partial charge in [0.25, 0.3) is 0 Å². The number of unbranched alkanes of at least 4 members (excludes halogenated alkanes) is 13. The summed E-state index contributed by atoms with van der Waals surface area (Å²) in [5.41, 5.74) is 0. The number of rotatable bonds is 41. The SMILES string of the molecule is CC/C=C\C/C=C\C/C=C\C/C=C\C=C/C(O)C/C=C\CCC(=O)O[C@H](COC(=O)CCCCCCCCC/C=C\CCCCCCCC)COP(=O)(O)OCC[N+](C)(C)C. The highest BCUT2D eigenvalue weighted by Crippen LogP contribution is 2.43. The van der Waals surface area contributed by atoms with Crippen LogP contribution >= 0.6 is 7.82 Å². The number of likely N-dealkylation sites (N-methyl/N-ethyl adjacent to an activating group) is 1. The fourth-order valence-electron chi connectivity index (χ4n) is 5.82. The summed E-state index contributed by atoms with van der Waals surface area (Å²) in [6.07, 6.45) is 49.5. The second kappa shape index (κ2) is 41.2.